The highest BCUT2D eigenvalue weighted by Gasteiger charge is 2.42. The molecular formula is C28H38N4O4. The lowest BCUT2D eigenvalue weighted by molar-refractivity contribution is -0.140. The molecule has 8 heteroatoms. The quantitative estimate of drug-likeness (QED) is 0.550. The number of aliphatic carboxylic acids is 1. The molecule has 4 aliphatic rings. The van der Waals surface area contributed by atoms with Crippen molar-refractivity contribution in [2.75, 3.05) is 26.7 Å². The zero-order valence-electron chi connectivity index (χ0n) is 21.4. The third-order valence-corrected chi connectivity index (χ3v) is 8.82. The van der Waals surface area contributed by atoms with E-state index >= 15 is 0 Å². The molecule has 4 atom stereocenters. The zero-order chi connectivity index (χ0) is 25.3. The fourth-order valence-corrected chi connectivity index (χ4v) is 6.91. The maximum atomic E-state index is 12.8. The minimum atomic E-state index is -0.795. The van der Waals surface area contributed by atoms with Gasteiger partial charge in [0.2, 0.25) is 5.91 Å². The van der Waals surface area contributed by atoms with Gasteiger partial charge in [0.1, 0.15) is 5.75 Å². The van der Waals surface area contributed by atoms with E-state index in [2.05, 4.69) is 16.3 Å². The number of carbonyl (C=O) groups is 2. The highest BCUT2D eigenvalue weighted by molar-refractivity contribution is 5.78. The number of hydrogen-bond donors (Lipinski definition) is 2. The number of benzene rings is 1. The molecule has 1 saturated carbocycles. The first-order valence-corrected chi connectivity index (χ1v) is 13.3. The average Bonchev–Trinajstić information content (AvgIpc) is 3.49. The SMILES string of the molecule is COc1ccc(-c2cc(C3CN4CCC3CC4CNC(=O)CC3(CC(=O)O)CCCC3)n(C)n2)cc1. The summed E-state index contributed by atoms with van der Waals surface area (Å²) in [7, 11) is 3.71. The number of methoxy groups -OCH3 is 1. The van der Waals surface area contributed by atoms with Crippen LogP contribution >= 0.6 is 0 Å². The Morgan fingerprint density at radius 1 is 1.19 bits per heavy atom. The number of ether oxygens (including phenoxy) is 1. The van der Waals surface area contributed by atoms with Crippen molar-refractivity contribution < 1.29 is 19.4 Å². The molecule has 1 aromatic carbocycles. The van der Waals surface area contributed by atoms with Crippen LogP contribution in [0.25, 0.3) is 11.3 Å². The van der Waals surface area contributed by atoms with E-state index in [0.717, 1.165) is 62.2 Å². The average molecular weight is 495 g/mol. The largest absolute Gasteiger partial charge is 0.497 e. The van der Waals surface area contributed by atoms with Gasteiger partial charge in [-0.1, -0.05) is 12.8 Å². The summed E-state index contributed by atoms with van der Waals surface area (Å²) in [5.41, 5.74) is 2.99. The van der Waals surface area contributed by atoms with Crippen molar-refractivity contribution in [2.45, 2.75) is 63.3 Å². The van der Waals surface area contributed by atoms with Gasteiger partial charge in [-0.25, -0.2) is 0 Å². The Kier molecular flexibility index (Phi) is 7.06. The smallest absolute Gasteiger partial charge is 0.303 e. The van der Waals surface area contributed by atoms with E-state index in [-0.39, 0.29) is 17.7 Å². The van der Waals surface area contributed by atoms with Gasteiger partial charge in [-0.15, -0.1) is 0 Å². The van der Waals surface area contributed by atoms with Gasteiger partial charge in [-0.3, -0.25) is 19.2 Å². The van der Waals surface area contributed by atoms with E-state index in [4.69, 9.17) is 9.84 Å². The monoisotopic (exact) mass is 494 g/mol. The van der Waals surface area contributed by atoms with E-state index in [9.17, 15) is 14.7 Å². The number of aryl methyl sites for hydroxylation is 1. The van der Waals surface area contributed by atoms with E-state index in [0.29, 0.717) is 30.8 Å². The predicted octanol–water partition coefficient (Wildman–Crippen LogP) is 3.81. The summed E-state index contributed by atoms with van der Waals surface area (Å²) in [6.45, 7) is 2.69. The molecule has 1 aliphatic carbocycles. The molecule has 0 spiro atoms. The second-order valence-corrected chi connectivity index (χ2v) is 11.1. The van der Waals surface area contributed by atoms with Crippen LogP contribution < -0.4 is 10.1 Å². The first kappa shape index (κ1) is 24.8. The minimum absolute atomic E-state index is 0.00751. The fourth-order valence-electron chi connectivity index (χ4n) is 6.91. The maximum Gasteiger partial charge on any atom is 0.303 e. The Labute approximate surface area is 213 Å². The molecule has 4 fully saturated rings. The molecule has 2 bridgehead atoms. The van der Waals surface area contributed by atoms with E-state index < -0.39 is 5.97 Å². The third-order valence-electron chi connectivity index (χ3n) is 8.82. The molecule has 6 rings (SSSR count). The maximum absolute atomic E-state index is 12.8. The van der Waals surface area contributed by atoms with Crippen molar-refractivity contribution in [2.24, 2.45) is 18.4 Å². The van der Waals surface area contributed by atoms with Gasteiger partial charge < -0.3 is 15.2 Å². The second kappa shape index (κ2) is 10.2. The van der Waals surface area contributed by atoms with Crippen LogP contribution in [-0.4, -0.2) is 64.4 Å². The number of carboxylic acid groups (broad SMARTS) is 1. The van der Waals surface area contributed by atoms with E-state index in [1.165, 1.54) is 12.1 Å². The lowest BCUT2D eigenvalue weighted by atomic mass is 9.74. The lowest BCUT2D eigenvalue weighted by Crippen LogP contribution is -2.56. The number of rotatable bonds is 9. The standard InChI is InChI=1S/C28H38N4O4/c1-31-25(14-24(30-31)19-5-7-22(36-2)8-6-19)23-18-32-12-9-20(23)13-21(32)17-29-26(33)15-28(16-27(34)35)10-3-4-11-28/h5-8,14,20-21,23H,3-4,9-13,15-18H2,1-2H3,(H,29,33)(H,34,35). The summed E-state index contributed by atoms with van der Waals surface area (Å²) in [6.07, 6.45) is 6.39. The molecule has 1 amide bonds. The Morgan fingerprint density at radius 3 is 2.58 bits per heavy atom. The summed E-state index contributed by atoms with van der Waals surface area (Å²) in [4.78, 5) is 26.7. The molecule has 4 unspecified atom stereocenters. The van der Waals surface area contributed by atoms with Crippen LogP contribution in [0, 0.1) is 11.3 Å². The van der Waals surface area contributed by atoms with Crippen LogP contribution in [0.5, 0.6) is 5.75 Å². The van der Waals surface area contributed by atoms with Crippen molar-refractivity contribution >= 4 is 11.9 Å². The van der Waals surface area contributed by atoms with Gasteiger partial charge >= 0.3 is 5.97 Å². The second-order valence-electron chi connectivity index (χ2n) is 11.1. The molecule has 2 aromatic rings. The fraction of sp³-hybridized carbons (Fsp3) is 0.607. The van der Waals surface area contributed by atoms with Crippen LogP contribution in [0.1, 0.15) is 63.0 Å². The van der Waals surface area contributed by atoms with Crippen molar-refractivity contribution in [3.05, 3.63) is 36.0 Å². The number of nitrogens with zero attached hydrogens (tertiary/aromatic N) is 3. The van der Waals surface area contributed by atoms with Crippen LogP contribution in [0.4, 0.5) is 0 Å². The Balaban J connectivity index is 1.19. The zero-order valence-corrected chi connectivity index (χ0v) is 21.4. The first-order valence-electron chi connectivity index (χ1n) is 13.3. The molecule has 36 heavy (non-hydrogen) atoms. The molecular weight excluding hydrogens is 456 g/mol. The van der Waals surface area contributed by atoms with Gasteiger partial charge in [-0.05, 0) is 73.9 Å². The Morgan fingerprint density at radius 2 is 1.94 bits per heavy atom. The highest BCUT2D eigenvalue weighted by atomic mass is 16.5. The van der Waals surface area contributed by atoms with E-state index in [1.807, 2.05) is 36.0 Å². The predicted molar refractivity (Wildman–Crippen MR) is 137 cm³/mol. The van der Waals surface area contributed by atoms with Gasteiger partial charge in [0.05, 0.1) is 19.2 Å². The summed E-state index contributed by atoms with van der Waals surface area (Å²) in [5.74, 6) is 1.06. The van der Waals surface area contributed by atoms with Crippen molar-refractivity contribution in [1.29, 1.82) is 0 Å². The molecule has 3 saturated heterocycles. The van der Waals surface area contributed by atoms with Crippen LogP contribution in [-0.2, 0) is 16.6 Å². The van der Waals surface area contributed by atoms with Crippen molar-refractivity contribution in [3.8, 4) is 17.0 Å². The van der Waals surface area contributed by atoms with Gasteiger partial charge in [0.15, 0.2) is 0 Å². The summed E-state index contributed by atoms with van der Waals surface area (Å²) in [5, 5.41) is 17.3. The van der Waals surface area contributed by atoms with Crippen LogP contribution in [0.2, 0.25) is 0 Å². The molecule has 0 radical (unpaired) electrons. The van der Waals surface area contributed by atoms with Gasteiger partial charge in [-0.2, -0.15) is 5.10 Å². The topological polar surface area (TPSA) is 96.7 Å². The number of carboxylic acids is 1. The molecule has 8 nitrogen and oxygen atoms in total. The number of carbonyl (C=O) groups excluding carboxylic acids is 1. The normalized spacial score (nSPS) is 26.6. The molecule has 3 aliphatic heterocycles. The number of piperidine rings is 3. The van der Waals surface area contributed by atoms with Gasteiger partial charge in [0.25, 0.3) is 0 Å². The van der Waals surface area contributed by atoms with Crippen LogP contribution in [0.15, 0.2) is 30.3 Å². The molecule has 194 valence electrons. The molecule has 2 N–H and O–H groups in total. The summed E-state index contributed by atoms with van der Waals surface area (Å²) >= 11 is 0. The Hall–Kier alpha value is -2.87. The lowest BCUT2D eigenvalue weighted by Gasteiger charge is -2.50. The van der Waals surface area contributed by atoms with Crippen molar-refractivity contribution in [1.82, 2.24) is 20.0 Å². The first-order chi connectivity index (χ1) is 17.4. The number of hydrogen-bond acceptors (Lipinski definition) is 5. The molecule has 1 aromatic heterocycles. The Bertz CT molecular complexity index is 1090. The van der Waals surface area contributed by atoms with Crippen molar-refractivity contribution in [3.63, 3.8) is 0 Å². The van der Waals surface area contributed by atoms with Gasteiger partial charge in [0, 0.05) is 49.8 Å². The number of fused-ring (bicyclic) bond motifs is 3. The van der Waals surface area contributed by atoms with E-state index in [1.54, 1.807) is 7.11 Å². The summed E-state index contributed by atoms with van der Waals surface area (Å²) < 4.78 is 7.31. The number of amides is 1. The highest BCUT2D eigenvalue weighted by Crippen LogP contribution is 2.45. The number of aromatic nitrogens is 2. The third kappa shape index (κ3) is 5.14. The number of nitrogens with one attached hydrogen (secondary N) is 1. The van der Waals surface area contributed by atoms with Crippen LogP contribution in [0.3, 0.4) is 0 Å². The summed E-state index contributed by atoms with van der Waals surface area (Å²) in [6, 6.07) is 10.6. The molecule has 4 heterocycles. The minimum Gasteiger partial charge on any atom is -0.497 e.